The smallest absolute Gasteiger partial charge is 0.115 e. The maximum atomic E-state index is 11.7. The Bertz CT molecular complexity index is 588. The van der Waals surface area contributed by atoms with Crippen molar-refractivity contribution >= 4 is 0 Å². The fourth-order valence-electron chi connectivity index (χ4n) is 4.59. The predicted molar refractivity (Wildman–Crippen MR) is 93.2 cm³/mol. The number of aliphatic hydroxyl groups is 1. The molecule has 0 saturated carbocycles. The quantitative estimate of drug-likeness (QED) is 0.929. The van der Waals surface area contributed by atoms with Crippen molar-refractivity contribution in [1.29, 1.82) is 0 Å². The highest BCUT2D eigenvalue weighted by atomic mass is 16.3. The van der Waals surface area contributed by atoms with Crippen LogP contribution in [0.5, 0.6) is 0 Å². The Morgan fingerprint density at radius 2 is 1.57 bits per heavy atom. The molecule has 2 heterocycles. The Hall–Kier alpha value is -1.64. The first-order valence-corrected chi connectivity index (χ1v) is 8.83. The molecule has 0 unspecified atom stereocenters. The molecule has 0 amide bonds. The van der Waals surface area contributed by atoms with Gasteiger partial charge in [0.2, 0.25) is 0 Å². The second-order valence-electron chi connectivity index (χ2n) is 7.19. The van der Waals surface area contributed by atoms with Crippen LogP contribution in [0.15, 0.2) is 60.7 Å². The Morgan fingerprint density at radius 3 is 2.13 bits per heavy atom. The van der Waals surface area contributed by atoms with E-state index in [0.717, 1.165) is 30.1 Å². The van der Waals surface area contributed by atoms with Gasteiger partial charge >= 0.3 is 0 Å². The molecule has 2 fully saturated rings. The van der Waals surface area contributed by atoms with E-state index in [1.165, 1.54) is 25.8 Å². The highest BCUT2D eigenvalue weighted by molar-refractivity contribution is 5.36. The van der Waals surface area contributed by atoms with Gasteiger partial charge in [-0.05, 0) is 49.3 Å². The van der Waals surface area contributed by atoms with E-state index >= 15 is 0 Å². The van der Waals surface area contributed by atoms with Crippen molar-refractivity contribution < 1.29 is 5.11 Å². The SMILES string of the molecule is OC(C[C@H]1C[C@@H]2CCCN2C1)(c1ccccc1)c1ccccc1. The molecule has 2 nitrogen and oxygen atoms in total. The third-order valence-electron chi connectivity index (χ3n) is 5.68. The average molecular weight is 307 g/mol. The van der Waals surface area contributed by atoms with Crippen LogP contribution in [-0.4, -0.2) is 29.1 Å². The molecule has 2 aromatic carbocycles. The van der Waals surface area contributed by atoms with Crippen molar-refractivity contribution in [1.82, 2.24) is 4.90 Å². The summed E-state index contributed by atoms with van der Waals surface area (Å²) in [4.78, 5) is 2.63. The van der Waals surface area contributed by atoms with Gasteiger partial charge in [0, 0.05) is 12.6 Å². The van der Waals surface area contributed by atoms with Gasteiger partial charge in [0.25, 0.3) is 0 Å². The average Bonchev–Trinajstić information content (AvgIpc) is 3.18. The second-order valence-corrected chi connectivity index (χ2v) is 7.19. The largest absolute Gasteiger partial charge is 0.380 e. The minimum atomic E-state index is -0.882. The summed E-state index contributed by atoms with van der Waals surface area (Å²) >= 11 is 0. The predicted octanol–water partition coefficient (Wildman–Crippen LogP) is 3.80. The Kier molecular flexibility index (Phi) is 3.96. The summed E-state index contributed by atoms with van der Waals surface area (Å²) in [7, 11) is 0. The van der Waals surface area contributed by atoms with Crippen LogP contribution in [0.2, 0.25) is 0 Å². The fraction of sp³-hybridized carbons (Fsp3) is 0.429. The van der Waals surface area contributed by atoms with Crippen LogP contribution in [0.25, 0.3) is 0 Å². The molecule has 2 saturated heterocycles. The van der Waals surface area contributed by atoms with Crippen molar-refractivity contribution in [2.45, 2.75) is 37.3 Å². The third-order valence-corrected chi connectivity index (χ3v) is 5.68. The molecule has 0 aromatic heterocycles. The first-order valence-electron chi connectivity index (χ1n) is 8.83. The summed E-state index contributed by atoms with van der Waals surface area (Å²) in [6.45, 7) is 2.39. The molecule has 0 radical (unpaired) electrons. The highest BCUT2D eigenvalue weighted by Crippen LogP contribution is 2.41. The molecule has 2 atom stereocenters. The zero-order valence-corrected chi connectivity index (χ0v) is 13.6. The van der Waals surface area contributed by atoms with Gasteiger partial charge in [0.05, 0.1) is 0 Å². The topological polar surface area (TPSA) is 23.5 Å². The molecule has 4 rings (SSSR count). The normalized spacial score (nSPS) is 24.7. The lowest BCUT2D eigenvalue weighted by Crippen LogP contribution is -2.31. The van der Waals surface area contributed by atoms with Gasteiger partial charge in [0.15, 0.2) is 0 Å². The first-order chi connectivity index (χ1) is 11.3. The molecule has 0 spiro atoms. The number of hydrogen-bond acceptors (Lipinski definition) is 2. The van der Waals surface area contributed by atoms with Crippen molar-refractivity contribution in [2.24, 2.45) is 5.92 Å². The molecule has 23 heavy (non-hydrogen) atoms. The lowest BCUT2D eigenvalue weighted by molar-refractivity contribution is 0.0531. The number of nitrogens with zero attached hydrogens (tertiary/aromatic N) is 1. The van der Waals surface area contributed by atoms with Gasteiger partial charge in [-0.2, -0.15) is 0 Å². The summed E-state index contributed by atoms with van der Waals surface area (Å²) in [5.74, 6) is 0.575. The number of hydrogen-bond donors (Lipinski definition) is 1. The van der Waals surface area contributed by atoms with Crippen molar-refractivity contribution in [3.63, 3.8) is 0 Å². The van der Waals surface area contributed by atoms with E-state index in [4.69, 9.17) is 0 Å². The lowest BCUT2D eigenvalue weighted by atomic mass is 9.78. The van der Waals surface area contributed by atoms with E-state index in [1.54, 1.807) is 0 Å². The molecule has 120 valence electrons. The zero-order chi connectivity index (χ0) is 15.7. The lowest BCUT2D eigenvalue weighted by Gasteiger charge is -2.32. The van der Waals surface area contributed by atoms with Crippen molar-refractivity contribution in [3.8, 4) is 0 Å². The van der Waals surface area contributed by atoms with Crippen LogP contribution in [-0.2, 0) is 5.60 Å². The molecule has 2 aliphatic heterocycles. The van der Waals surface area contributed by atoms with E-state index in [1.807, 2.05) is 36.4 Å². The maximum absolute atomic E-state index is 11.7. The van der Waals surface area contributed by atoms with Gasteiger partial charge in [-0.1, -0.05) is 60.7 Å². The number of rotatable bonds is 4. The van der Waals surface area contributed by atoms with Gasteiger partial charge < -0.3 is 10.0 Å². The summed E-state index contributed by atoms with van der Waals surface area (Å²) in [5, 5.41) is 11.7. The monoisotopic (exact) mass is 307 g/mol. The van der Waals surface area contributed by atoms with Crippen LogP contribution >= 0.6 is 0 Å². The summed E-state index contributed by atoms with van der Waals surface area (Å²) < 4.78 is 0. The van der Waals surface area contributed by atoms with Crippen LogP contribution < -0.4 is 0 Å². The standard InChI is InChI=1S/C21H25NO/c23-21(18-8-3-1-4-9-18,19-10-5-2-6-11-19)15-17-14-20-12-7-13-22(20)16-17/h1-6,8-11,17,20,23H,7,12-16H2/t17-,20+/m1/s1. The van der Waals surface area contributed by atoms with Gasteiger partial charge in [-0.25, -0.2) is 0 Å². The molecule has 2 heteroatoms. The first kappa shape index (κ1) is 14.9. The van der Waals surface area contributed by atoms with Crippen LogP contribution in [0.3, 0.4) is 0 Å². The molecule has 1 N–H and O–H groups in total. The molecule has 0 bridgehead atoms. The molecule has 2 aromatic rings. The Morgan fingerprint density at radius 1 is 0.957 bits per heavy atom. The highest BCUT2D eigenvalue weighted by Gasteiger charge is 2.41. The Labute approximate surface area is 138 Å². The van der Waals surface area contributed by atoms with Crippen LogP contribution in [0.4, 0.5) is 0 Å². The molecular weight excluding hydrogens is 282 g/mol. The van der Waals surface area contributed by atoms with E-state index in [0.29, 0.717) is 5.92 Å². The molecule has 2 aliphatic rings. The van der Waals surface area contributed by atoms with E-state index in [2.05, 4.69) is 29.2 Å². The zero-order valence-electron chi connectivity index (χ0n) is 13.6. The van der Waals surface area contributed by atoms with E-state index in [9.17, 15) is 5.11 Å². The van der Waals surface area contributed by atoms with Crippen LogP contribution in [0, 0.1) is 5.92 Å². The summed E-state index contributed by atoms with van der Waals surface area (Å²) in [6.07, 6.45) is 4.74. The third kappa shape index (κ3) is 2.82. The second kappa shape index (κ2) is 6.10. The van der Waals surface area contributed by atoms with Gasteiger partial charge in [0.1, 0.15) is 5.60 Å². The van der Waals surface area contributed by atoms with Gasteiger partial charge in [-0.15, -0.1) is 0 Å². The van der Waals surface area contributed by atoms with Crippen LogP contribution in [0.1, 0.15) is 36.8 Å². The fourth-order valence-corrected chi connectivity index (χ4v) is 4.59. The minimum Gasteiger partial charge on any atom is -0.380 e. The maximum Gasteiger partial charge on any atom is 0.115 e. The summed E-state index contributed by atoms with van der Waals surface area (Å²) in [6, 6.07) is 21.1. The van der Waals surface area contributed by atoms with Crippen molar-refractivity contribution in [2.75, 3.05) is 13.1 Å². The number of benzene rings is 2. The molecule has 0 aliphatic carbocycles. The number of fused-ring (bicyclic) bond motifs is 1. The Balaban J connectivity index is 1.64. The summed E-state index contributed by atoms with van der Waals surface area (Å²) in [5.41, 5.74) is 1.14. The van der Waals surface area contributed by atoms with Crippen molar-refractivity contribution in [3.05, 3.63) is 71.8 Å². The van der Waals surface area contributed by atoms with E-state index < -0.39 is 5.60 Å². The van der Waals surface area contributed by atoms with E-state index in [-0.39, 0.29) is 0 Å². The van der Waals surface area contributed by atoms with Gasteiger partial charge in [-0.3, -0.25) is 0 Å². The molecular formula is C21H25NO. The minimum absolute atomic E-state index is 0.575.